The molecule has 1 fully saturated rings. The molecule has 3 aromatic heterocycles. The molecule has 5 rings (SSSR count). The van der Waals surface area contributed by atoms with Crippen LogP contribution in [-0.4, -0.2) is 64.5 Å². The van der Waals surface area contributed by atoms with Crippen LogP contribution in [0.4, 0.5) is 11.6 Å². The summed E-state index contributed by atoms with van der Waals surface area (Å²) in [6, 6.07) is 13.8. The molecule has 0 aliphatic carbocycles. The highest BCUT2D eigenvalue weighted by Crippen LogP contribution is 2.29. The molecule has 0 radical (unpaired) electrons. The van der Waals surface area contributed by atoms with Crippen molar-refractivity contribution in [1.82, 2.24) is 25.3 Å². The first kappa shape index (κ1) is 23.0. The lowest BCUT2D eigenvalue weighted by atomic mass is 9.95. The molecule has 35 heavy (non-hydrogen) atoms. The van der Waals surface area contributed by atoms with E-state index in [9.17, 15) is 4.79 Å². The minimum Gasteiger partial charge on any atom is -0.369 e. The van der Waals surface area contributed by atoms with Crippen LogP contribution in [0.3, 0.4) is 0 Å². The fourth-order valence-corrected chi connectivity index (χ4v) is 4.86. The van der Waals surface area contributed by atoms with Gasteiger partial charge >= 0.3 is 0 Å². The Balaban J connectivity index is 1.37. The second kappa shape index (κ2) is 10.3. The average Bonchev–Trinajstić information content (AvgIpc) is 3.76. The third-order valence-corrected chi connectivity index (χ3v) is 6.83. The summed E-state index contributed by atoms with van der Waals surface area (Å²) in [5, 5.41) is 7.07. The first-order valence-corrected chi connectivity index (χ1v) is 12.9. The van der Waals surface area contributed by atoms with Crippen LogP contribution in [-0.2, 0) is 0 Å². The van der Waals surface area contributed by atoms with Gasteiger partial charge in [0.05, 0.1) is 16.8 Å². The Morgan fingerprint density at radius 1 is 1.11 bits per heavy atom. The molecule has 0 bridgehead atoms. The van der Waals surface area contributed by atoms with Gasteiger partial charge in [-0.05, 0) is 30.0 Å². The number of amides is 1. The minimum absolute atomic E-state index is 0.112. The topological polar surface area (TPSA) is 95.7 Å². The van der Waals surface area contributed by atoms with Crippen LogP contribution in [0.2, 0.25) is 0 Å². The zero-order chi connectivity index (χ0) is 24.2. The fraction of sp³-hybridized carbons (Fsp3) is 0.269. The standard InChI is InChI=1S/C26H27N7OS/c1-27-26(34)21-8-9-28-25-19(4-3-5-20(21)25)18(15-35-2)14-29-23-12-22(31-16-32-23)17-6-7-24(30-13-17)33-10-11-33/h3-9,12-13,16,18H,10-11,14-15H2,1-2H3,(H,27,34)(H,29,31,32). The molecule has 1 atom stereocenters. The van der Waals surface area contributed by atoms with E-state index < -0.39 is 0 Å². The molecule has 1 aliphatic heterocycles. The van der Waals surface area contributed by atoms with Crippen molar-refractivity contribution in [2.45, 2.75) is 5.92 Å². The second-order valence-electron chi connectivity index (χ2n) is 8.39. The van der Waals surface area contributed by atoms with Crippen molar-refractivity contribution in [3.63, 3.8) is 0 Å². The van der Waals surface area contributed by atoms with Gasteiger partial charge in [-0.3, -0.25) is 9.78 Å². The molecular weight excluding hydrogens is 458 g/mol. The third-order valence-electron chi connectivity index (χ3n) is 6.09. The first-order chi connectivity index (χ1) is 17.2. The number of carbonyl (C=O) groups excluding carboxylic acids is 1. The Kier molecular flexibility index (Phi) is 6.76. The van der Waals surface area contributed by atoms with Crippen LogP contribution in [0, 0.1) is 0 Å². The Labute approximate surface area is 208 Å². The van der Waals surface area contributed by atoms with Crippen molar-refractivity contribution in [3.8, 4) is 11.3 Å². The van der Waals surface area contributed by atoms with Gasteiger partial charge in [-0.25, -0.2) is 15.0 Å². The number of anilines is 2. The summed E-state index contributed by atoms with van der Waals surface area (Å²) in [5.74, 6) is 2.73. The summed E-state index contributed by atoms with van der Waals surface area (Å²) >= 11 is 1.78. The summed E-state index contributed by atoms with van der Waals surface area (Å²) in [4.78, 5) is 32.6. The van der Waals surface area contributed by atoms with Crippen LogP contribution in [0.15, 0.2) is 61.2 Å². The van der Waals surface area contributed by atoms with Gasteiger partial charge in [0.25, 0.3) is 5.91 Å². The molecule has 1 saturated heterocycles. The van der Waals surface area contributed by atoms with E-state index in [1.54, 1.807) is 37.4 Å². The number of thioether (sulfide) groups is 1. The molecule has 1 aliphatic rings. The van der Waals surface area contributed by atoms with Gasteiger partial charge in [0.15, 0.2) is 0 Å². The van der Waals surface area contributed by atoms with Gasteiger partial charge in [-0.15, -0.1) is 0 Å². The lowest BCUT2D eigenvalue weighted by Crippen LogP contribution is -2.19. The molecule has 4 aromatic rings. The third kappa shape index (κ3) is 5.05. The number of benzene rings is 1. The summed E-state index contributed by atoms with van der Waals surface area (Å²) in [6.45, 7) is 2.82. The fourth-order valence-electron chi connectivity index (χ4n) is 4.16. The molecule has 8 nitrogen and oxygen atoms in total. The van der Waals surface area contributed by atoms with Gasteiger partial charge in [0.1, 0.15) is 18.0 Å². The molecule has 0 spiro atoms. The Morgan fingerprint density at radius 3 is 2.74 bits per heavy atom. The lowest BCUT2D eigenvalue weighted by molar-refractivity contribution is 0.0964. The van der Waals surface area contributed by atoms with Crippen LogP contribution in [0.1, 0.15) is 21.8 Å². The molecule has 0 saturated carbocycles. The van der Waals surface area contributed by atoms with Gasteiger partial charge in [0.2, 0.25) is 0 Å². The maximum atomic E-state index is 12.4. The van der Waals surface area contributed by atoms with Crippen molar-refractivity contribution in [2.24, 2.45) is 0 Å². The van der Waals surface area contributed by atoms with Gasteiger partial charge in [-0.1, -0.05) is 18.2 Å². The predicted molar refractivity (Wildman–Crippen MR) is 142 cm³/mol. The molecule has 1 aromatic carbocycles. The number of nitrogens with one attached hydrogen (secondary N) is 2. The Hall–Kier alpha value is -3.72. The van der Waals surface area contributed by atoms with E-state index in [1.807, 2.05) is 30.5 Å². The molecule has 4 heterocycles. The van der Waals surface area contributed by atoms with Crippen LogP contribution in [0.5, 0.6) is 0 Å². The van der Waals surface area contributed by atoms with Crippen LogP contribution in [0.25, 0.3) is 22.2 Å². The summed E-state index contributed by atoms with van der Waals surface area (Å²) in [6.07, 6.45) is 7.24. The minimum atomic E-state index is -0.112. The first-order valence-electron chi connectivity index (χ1n) is 11.5. The van der Waals surface area contributed by atoms with Crippen molar-refractivity contribution in [3.05, 3.63) is 72.3 Å². The largest absolute Gasteiger partial charge is 0.369 e. The Morgan fingerprint density at radius 2 is 2.00 bits per heavy atom. The van der Waals surface area contributed by atoms with Crippen molar-refractivity contribution in [1.29, 1.82) is 0 Å². The number of nitrogens with zero attached hydrogens (tertiary/aromatic N) is 5. The SMILES string of the molecule is CNC(=O)c1ccnc2c(C(CNc3cc(-c4ccc(N5CC5)nc4)ncn3)CSC)cccc12. The van der Waals surface area contributed by atoms with Crippen molar-refractivity contribution < 1.29 is 4.79 Å². The quantitative estimate of drug-likeness (QED) is 0.346. The number of rotatable bonds is 9. The predicted octanol–water partition coefficient (Wildman–Crippen LogP) is 3.83. The molecule has 2 N–H and O–H groups in total. The zero-order valence-corrected chi connectivity index (χ0v) is 20.5. The number of carbonyl (C=O) groups is 1. The lowest BCUT2D eigenvalue weighted by Gasteiger charge is -2.19. The smallest absolute Gasteiger partial charge is 0.251 e. The van der Waals surface area contributed by atoms with E-state index in [0.29, 0.717) is 12.1 Å². The summed E-state index contributed by atoms with van der Waals surface area (Å²) in [7, 11) is 1.64. The number of fused-ring (bicyclic) bond motifs is 1. The van der Waals surface area contributed by atoms with E-state index >= 15 is 0 Å². The molecule has 178 valence electrons. The van der Waals surface area contributed by atoms with E-state index in [2.05, 4.69) is 53.9 Å². The van der Waals surface area contributed by atoms with Crippen LogP contribution >= 0.6 is 11.8 Å². The average molecular weight is 486 g/mol. The van der Waals surface area contributed by atoms with Gasteiger partial charge in [0, 0.05) is 67.8 Å². The number of hydrogen-bond acceptors (Lipinski definition) is 8. The van der Waals surface area contributed by atoms with Crippen LogP contribution < -0.4 is 15.5 Å². The van der Waals surface area contributed by atoms with E-state index in [1.165, 1.54) is 0 Å². The van der Waals surface area contributed by atoms with E-state index in [0.717, 1.165) is 58.2 Å². The highest BCUT2D eigenvalue weighted by Gasteiger charge is 2.20. The maximum Gasteiger partial charge on any atom is 0.251 e. The summed E-state index contributed by atoms with van der Waals surface area (Å²) < 4.78 is 0. The molecule has 9 heteroatoms. The normalized spacial score (nSPS) is 13.5. The van der Waals surface area contributed by atoms with Crippen molar-refractivity contribution in [2.75, 3.05) is 48.9 Å². The van der Waals surface area contributed by atoms with E-state index in [4.69, 9.17) is 0 Å². The molecular formula is C26H27N7OS. The van der Waals surface area contributed by atoms with E-state index in [-0.39, 0.29) is 11.8 Å². The second-order valence-corrected chi connectivity index (χ2v) is 9.31. The number of pyridine rings is 2. The monoisotopic (exact) mass is 485 g/mol. The highest BCUT2D eigenvalue weighted by atomic mass is 32.2. The van der Waals surface area contributed by atoms with Gasteiger partial charge in [-0.2, -0.15) is 11.8 Å². The molecule has 1 unspecified atom stereocenters. The zero-order valence-electron chi connectivity index (χ0n) is 19.7. The maximum absolute atomic E-state index is 12.4. The van der Waals surface area contributed by atoms with Crippen molar-refractivity contribution >= 4 is 40.2 Å². The number of para-hydroxylation sites is 1. The molecule has 1 amide bonds. The number of aromatic nitrogens is 4. The van der Waals surface area contributed by atoms with Gasteiger partial charge < -0.3 is 15.5 Å². The number of hydrogen-bond donors (Lipinski definition) is 2. The summed E-state index contributed by atoms with van der Waals surface area (Å²) in [5.41, 5.74) is 4.39. The highest BCUT2D eigenvalue weighted by molar-refractivity contribution is 7.98. The Bertz CT molecular complexity index is 1340.